The van der Waals surface area contributed by atoms with E-state index < -0.39 is 18.1 Å². The first kappa shape index (κ1) is 13.8. The highest BCUT2D eigenvalue weighted by molar-refractivity contribution is 6.02. The number of rotatable bonds is 4. The third-order valence-corrected chi connectivity index (χ3v) is 2.81. The van der Waals surface area contributed by atoms with Crippen molar-refractivity contribution in [2.45, 2.75) is 19.4 Å². The molecule has 0 aliphatic carbocycles. The van der Waals surface area contributed by atoms with Crippen LogP contribution >= 0.6 is 0 Å². The van der Waals surface area contributed by atoms with Crippen LogP contribution in [0.3, 0.4) is 0 Å². The number of carbonyl (C=O) groups excluding carboxylic acids is 2. The zero-order chi connectivity index (χ0) is 14.5. The predicted molar refractivity (Wildman–Crippen MR) is 75.1 cm³/mol. The minimum absolute atomic E-state index is 0.340. The van der Waals surface area contributed by atoms with Gasteiger partial charge in [0.1, 0.15) is 0 Å². The quantitative estimate of drug-likeness (QED) is 0.891. The number of aromatic nitrogens is 1. The number of nitrogens with one attached hydrogen (secondary N) is 1. The van der Waals surface area contributed by atoms with Crippen LogP contribution in [0.1, 0.15) is 13.3 Å². The maximum absolute atomic E-state index is 12.1. The van der Waals surface area contributed by atoms with Crippen LogP contribution in [0, 0.1) is 0 Å². The van der Waals surface area contributed by atoms with Gasteiger partial charge in [-0.25, -0.2) is 4.79 Å². The maximum atomic E-state index is 12.1. The van der Waals surface area contributed by atoms with Crippen molar-refractivity contribution >= 4 is 28.6 Å². The largest absolute Gasteiger partial charge is 0.436 e. The molecule has 0 fully saturated rings. The van der Waals surface area contributed by atoms with Gasteiger partial charge in [-0.3, -0.25) is 9.78 Å². The summed E-state index contributed by atoms with van der Waals surface area (Å²) in [7, 11) is 0. The standard InChI is InChI=1S/C14H15N3O3/c1-2-11(20-14(15)19)13(18)17-10-7-3-5-9-6-4-8-16-12(9)10/h3-8,11H,2H2,1H3,(H2,15,19)(H,17,18). The monoisotopic (exact) mass is 273 g/mol. The molecule has 6 heteroatoms. The number of hydrogen-bond donors (Lipinski definition) is 2. The third kappa shape index (κ3) is 3.03. The summed E-state index contributed by atoms with van der Waals surface area (Å²) in [4.78, 5) is 27.0. The summed E-state index contributed by atoms with van der Waals surface area (Å²) >= 11 is 0. The van der Waals surface area contributed by atoms with Crippen molar-refractivity contribution in [1.82, 2.24) is 4.98 Å². The highest BCUT2D eigenvalue weighted by atomic mass is 16.6. The number of hydrogen-bond acceptors (Lipinski definition) is 4. The van der Waals surface area contributed by atoms with Crippen molar-refractivity contribution in [3.63, 3.8) is 0 Å². The Morgan fingerprint density at radius 1 is 1.35 bits per heavy atom. The Morgan fingerprint density at radius 3 is 2.80 bits per heavy atom. The average Bonchev–Trinajstić information content (AvgIpc) is 2.45. The van der Waals surface area contributed by atoms with Gasteiger partial charge in [0.05, 0.1) is 11.2 Å². The van der Waals surface area contributed by atoms with Gasteiger partial charge in [-0.2, -0.15) is 0 Å². The molecule has 1 unspecified atom stereocenters. The first-order valence-corrected chi connectivity index (χ1v) is 6.22. The van der Waals surface area contributed by atoms with Crippen molar-refractivity contribution in [3.8, 4) is 0 Å². The smallest absolute Gasteiger partial charge is 0.405 e. The van der Waals surface area contributed by atoms with E-state index in [1.165, 1.54) is 0 Å². The number of primary amides is 1. The molecule has 1 heterocycles. The van der Waals surface area contributed by atoms with Gasteiger partial charge < -0.3 is 15.8 Å². The lowest BCUT2D eigenvalue weighted by atomic mass is 10.2. The Hall–Kier alpha value is -2.63. The molecule has 0 radical (unpaired) electrons. The van der Waals surface area contributed by atoms with Gasteiger partial charge in [-0.1, -0.05) is 25.1 Å². The van der Waals surface area contributed by atoms with Gasteiger partial charge in [0.15, 0.2) is 6.10 Å². The van der Waals surface area contributed by atoms with E-state index in [-0.39, 0.29) is 0 Å². The van der Waals surface area contributed by atoms with Gasteiger partial charge in [0, 0.05) is 11.6 Å². The van der Waals surface area contributed by atoms with E-state index in [4.69, 9.17) is 10.5 Å². The summed E-state index contributed by atoms with van der Waals surface area (Å²) in [5, 5.41) is 3.62. The average molecular weight is 273 g/mol. The van der Waals surface area contributed by atoms with Crippen LogP contribution in [0.4, 0.5) is 10.5 Å². The molecule has 1 aromatic carbocycles. The molecule has 1 aromatic heterocycles. The first-order chi connectivity index (χ1) is 9.61. The van der Waals surface area contributed by atoms with Crippen LogP contribution in [-0.4, -0.2) is 23.1 Å². The summed E-state index contributed by atoms with van der Waals surface area (Å²) < 4.78 is 4.75. The van der Waals surface area contributed by atoms with Gasteiger partial charge >= 0.3 is 6.09 Å². The van der Waals surface area contributed by atoms with Crippen molar-refractivity contribution < 1.29 is 14.3 Å². The fourth-order valence-electron chi connectivity index (χ4n) is 1.88. The lowest BCUT2D eigenvalue weighted by Gasteiger charge is -2.15. The fraction of sp³-hybridized carbons (Fsp3) is 0.214. The molecule has 0 spiro atoms. The van der Waals surface area contributed by atoms with Crippen molar-refractivity contribution in [3.05, 3.63) is 36.5 Å². The molecule has 2 aromatic rings. The Kier molecular flexibility index (Phi) is 4.14. The molecule has 0 aliphatic heterocycles. The first-order valence-electron chi connectivity index (χ1n) is 6.22. The van der Waals surface area contributed by atoms with Crippen LogP contribution in [0.15, 0.2) is 36.5 Å². The van der Waals surface area contributed by atoms with E-state index >= 15 is 0 Å². The number of benzene rings is 1. The second kappa shape index (κ2) is 6.01. The molecule has 0 saturated heterocycles. The summed E-state index contributed by atoms with van der Waals surface area (Å²) in [6, 6.07) is 9.17. The third-order valence-electron chi connectivity index (χ3n) is 2.81. The SMILES string of the molecule is CCC(OC(N)=O)C(=O)Nc1cccc2cccnc12. The van der Waals surface area contributed by atoms with Crippen LogP contribution < -0.4 is 11.1 Å². The number of carbonyl (C=O) groups is 2. The number of fused-ring (bicyclic) bond motifs is 1. The predicted octanol–water partition coefficient (Wildman–Crippen LogP) is 2.05. The van der Waals surface area contributed by atoms with Crippen molar-refractivity contribution in [2.75, 3.05) is 5.32 Å². The number of amides is 2. The number of pyridine rings is 1. The number of nitrogens with two attached hydrogens (primary N) is 1. The lowest BCUT2D eigenvalue weighted by molar-refractivity contribution is -0.124. The van der Waals surface area contributed by atoms with E-state index in [2.05, 4.69) is 10.3 Å². The minimum atomic E-state index is -0.969. The molecule has 0 saturated carbocycles. The Balaban J connectivity index is 2.23. The number of anilines is 1. The van der Waals surface area contributed by atoms with E-state index in [0.29, 0.717) is 17.6 Å². The van der Waals surface area contributed by atoms with Crippen molar-refractivity contribution in [1.29, 1.82) is 0 Å². The molecule has 0 bridgehead atoms. The summed E-state index contributed by atoms with van der Waals surface area (Å²) in [6.45, 7) is 1.73. The summed E-state index contributed by atoms with van der Waals surface area (Å²) in [5.41, 5.74) is 6.18. The molecular formula is C14H15N3O3. The van der Waals surface area contributed by atoms with Gasteiger partial charge in [-0.15, -0.1) is 0 Å². The molecule has 20 heavy (non-hydrogen) atoms. The summed E-state index contributed by atoms with van der Waals surface area (Å²) in [5.74, 6) is -0.426. The van der Waals surface area contributed by atoms with Crippen LogP contribution in [0.25, 0.3) is 10.9 Å². The van der Waals surface area contributed by atoms with Crippen LogP contribution in [-0.2, 0) is 9.53 Å². The molecule has 6 nitrogen and oxygen atoms in total. The zero-order valence-corrected chi connectivity index (χ0v) is 11.0. The molecule has 2 rings (SSSR count). The second-order valence-corrected chi connectivity index (χ2v) is 4.20. The second-order valence-electron chi connectivity index (χ2n) is 4.20. The van der Waals surface area contributed by atoms with Gasteiger partial charge in [-0.05, 0) is 18.6 Å². The minimum Gasteiger partial charge on any atom is -0.436 e. The van der Waals surface area contributed by atoms with Crippen LogP contribution in [0.2, 0.25) is 0 Å². The highest BCUT2D eigenvalue weighted by Crippen LogP contribution is 2.21. The van der Waals surface area contributed by atoms with E-state index in [0.717, 1.165) is 5.39 Å². The molecule has 2 amide bonds. The van der Waals surface area contributed by atoms with Gasteiger partial charge in [0.25, 0.3) is 5.91 Å². The van der Waals surface area contributed by atoms with Crippen molar-refractivity contribution in [2.24, 2.45) is 5.73 Å². The Labute approximate surface area is 115 Å². The normalized spacial score (nSPS) is 11.8. The Bertz CT molecular complexity index is 637. The topological polar surface area (TPSA) is 94.3 Å². The molecule has 3 N–H and O–H groups in total. The number of para-hydroxylation sites is 1. The van der Waals surface area contributed by atoms with E-state index in [1.807, 2.05) is 24.3 Å². The molecule has 0 aliphatic rings. The van der Waals surface area contributed by atoms with E-state index in [1.54, 1.807) is 19.2 Å². The maximum Gasteiger partial charge on any atom is 0.405 e. The summed E-state index contributed by atoms with van der Waals surface area (Å²) in [6.07, 6.45) is 0.108. The number of ether oxygens (including phenoxy) is 1. The Morgan fingerprint density at radius 2 is 2.10 bits per heavy atom. The van der Waals surface area contributed by atoms with Crippen LogP contribution in [0.5, 0.6) is 0 Å². The highest BCUT2D eigenvalue weighted by Gasteiger charge is 2.20. The fourth-order valence-corrected chi connectivity index (χ4v) is 1.88. The van der Waals surface area contributed by atoms with E-state index in [9.17, 15) is 9.59 Å². The lowest BCUT2D eigenvalue weighted by Crippen LogP contribution is -2.33. The zero-order valence-electron chi connectivity index (χ0n) is 11.0. The number of nitrogens with zero attached hydrogens (tertiary/aromatic N) is 1. The van der Waals surface area contributed by atoms with Gasteiger partial charge in [0.2, 0.25) is 0 Å². The molecule has 1 atom stereocenters. The molecular weight excluding hydrogens is 258 g/mol. The molecule has 104 valence electrons.